The van der Waals surface area contributed by atoms with Crippen molar-refractivity contribution in [2.24, 2.45) is 7.05 Å². The minimum atomic E-state index is -0.560. The maximum Gasteiger partial charge on any atom is 0.337 e. The number of aryl methyl sites for hydroxylation is 1. The molecule has 0 aliphatic rings. The molecule has 1 heterocycles. The van der Waals surface area contributed by atoms with Crippen LogP contribution in [-0.2, 0) is 7.05 Å². The second-order valence-electron chi connectivity index (χ2n) is 4.05. The number of carbonyl (C=O) groups excluding carboxylic acids is 2. The van der Waals surface area contributed by atoms with Crippen LogP contribution in [0.2, 0.25) is 5.02 Å². The largest absolute Gasteiger partial charge is 0.347 e. The van der Waals surface area contributed by atoms with Crippen LogP contribution in [0, 0.1) is 0 Å². The van der Waals surface area contributed by atoms with Crippen LogP contribution in [0.5, 0.6) is 0 Å². The van der Waals surface area contributed by atoms with Gasteiger partial charge < -0.3 is 9.88 Å². The van der Waals surface area contributed by atoms with E-state index >= 15 is 0 Å². The molecular weight excluding hydrogens is 280 g/mol. The van der Waals surface area contributed by atoms with E-state index in [4.69, 9.17) is 11.6 Å². The summed E-state index contributed by atoms with van der Waals surface area (Å²) in [5.74, 6) is -0.404. The molecule has 0 bridgehead atoms. The molecule has 6 nitrogen and oxygen atoms in total. The summed E-state index contributed by atoms with van der Waals surface area (Å²) < 4.78 is 1.64. The van der Waals surface area contributed by atoms with E-state index in [0.717, 1.165) is 0 Å². The molecular formula is C13H13ClN4O2. The van der Waals surface area contributed by atoms with Crippen molar-refractivity contribution >= 4 is 29.2 Å². The Labute approximate surface area is 120 Å². The highest BCUT2D eigenvalue weighted by atomic mass is 35.5. The van der Waals surface area contributed by atoms with Crippen LogP contribution >= 0.6 is 11.6 Å². The van der Waals surface area contributed by atoms with Crippen molar-refractivity contribution in [2.45, 2.75) is 0 Å². The highest BCUT2D eigenvalue weighted by molar-refractivity contribution is 6.30. The van der Waals surface area contributed by atoms with Crippen molar-refractivity contribution in [3.63, 3.8) is 0 Å². The van der Waals surface area contributed by atoms with E-state index < -0.39 is 11.9 Å². The monoisotopic (exact) mass is 292 g/mol. The molecule has 2 rings (SSSR count). The molecule has 3 amide bonds. The predicted molar refractivity (Wildman–Crippen MR) is 76.5 cm³/mol. The number of hydrogen-bond donors (Lipinski definition) is 3. The van der Waals surface area contributed by atoms with Crippen molar-refractivity contribution in [1.29, 1.82) is 0 Å². The number of hydrogen-bond acceptors (Lipinski definition) is 2. The summed E-state index contributed by atoms with van der Waals surface area (Å²) in [6.45, 7) is 0. The van der Waals surface area contributed by atoms with Gasteiger partial charge in [-0.25, -0.2) is 10.2 Å². The molecule has 0 saturated carbocycles. The van der Waals surface area contributed by atoms with Gasteiger partial charge in [-0.2, -0.15) is 0 Å². The molecule has 1 aromatic heterocycles. The maximum absolute atomic E-state index is 11.7. The van der Waals surface area contributed by atoms with E-state index in [1.165, 1.54) is 0 Å². The molecule has 3 N–H and O–H groups in total. The molecule has 104 valence electrons. The Kier molecular flexibility index (Phi) is 4.27. The lowest BCUT2D eigenvalue weighted by Crippen LogP contribution is -2.44. The fourth-order valence-electron chi connectivity index (χ4n) is 1.60. The number of hydrazine groups is 1. The topological polar surface area (TPSA) is 75.2 Å². The van der Waals surface area contributed by atoms with Gasteiger partial charge in [-0.3, -0.25) is 10.2 Å². The number of urea groups is 1. The first-order valence-electron chi connectivity index (χ1n) is 5.80. The molecule has 1 aromatic carbocycles. The van der Waals surface area contributed by atoms with E-state index in [-0.39, 0.29) is 0 Å². The number of halogens is 1. The number of benzene rings is 1. The van der Waals surface area contributed by atoms with Crippen LogP contribution in [0.15, 0.2) is 42.6 Å². The summed E-state index contributed by atoms with van der Waals surface area (Å²) in [7, 11) is 1.74. The summed E-state index contributed by atoms with van der Waals surface area (Å²) in [4.78, 5) is 23.3. The first kappa shape index (κ1) is 14.0. The van der Waals surface area contributed by atoms with Crippen LogP contribution in [0.25, 0.3) is 0 Å². The molecule has 0 fully saturated rings. The standard InChI is InChI=1S/C13H13ClN4O2/c1-18-7-3-6-11(18)12(19)16-17-13(20)15-10-5-2-4-9(14)8-10/h2-8H,1H3,(H,16,19)(H2,15,17,20). The lowest BCUT2D eigenvalue weighted by Gasteiger charge is -2.09. The average Bonchev–Trinajstić information content (AvgIpc) is 2.82. The van der Waals surface area contributed by atoms with Crippen molar-refractivity contribution in [2.75, 3.05) is 5.32 Å². The van der Waals surface area contributed by atoms with Gasteiger partial charge in [-0.1, -0.05) is 17.7 Å². The van der Waals surface area contributed by atoms with Crippen molar-refractivity contribution in [1.82, 2.24) is 15.4 Å². The van der Waals surface area contributed by atoms with E-state index in [9.17, 15) is 9.59 Å². The van der Waals surface area contributed by atoms with E-state index in [1.807, 2.05) is 0 Å². The third-order valence-corrected chi connectivity index (χ3v) is 2.78. The lowest BCUT2D eigenvalue weighted by molar-refractivity contribution is 0.0930. The molecule has 0 unspecified atom stereocenters. The van der Waals surface area contributed by atoms with Crippen molar-refractivity contribution in [3.05, 3.63) is 53.3 Å². The number of carbonyl (C=O) groups is 2. The molecule has 2 aromatic rings. The van der Waals surface area contributed by atoms with Gasteiger partial charge in [0.05, 0.1) is 0 Å². The molecule has 0 atom stereocenters. The summed E-state index contributed by atoms with van der Waals surface area (Å²) in [6, 6.07) is 9.51. The van der Waals surface area contributed by atoms with Crippen LogP contribution < -0.4 is 16.2 Å². The van der Waals surface area contributed by atoms with E-state index in [2.05, 4.69) is 16.2 Å². The minimum Gasteiger partial charge on any atom is -0.347 e. The van der Waals surface area contributed by atoms with Crippen LogP contribution in [0.4, 0.5) is 10.5 Å². The second kappa shape index (κ2) is 6.12. The minimum absolute atomic E-state index is 0.404. The zero-order valence-electron chi connectivity index (χ0n) is 10.7. The maximum atomic E-state index is 11.7. The van der Waals surface area contributed by atoms with E-state index in [1.54, 1.807) is 54.2 Å². The van der Waals surface area contributed by atoms with Crippen LogP contribution in [-0.4, -0.2) is 16.5 Å². The average molecular weight is 293 g/mol. The summed E-state index contributed by atoms with van der Waals surface area (Å²) in [5.41, 5.74) is 5.53. The second-order valence-corrected chi connectivity index (χ2v) is 4.48. The Morgan fingerprint density at radius 2 is 1.95 bits per heavy atom. The fraction of sp³-hybridized carbons (Fsp3) is 0.0769. The zero-order valence-corrected chi connectivity index (χ0v) is 11.4. The summed E-state index contributed by atoms with van der Waals surface area (Å²) in [6.07, 6.45) is 1.74. The molecule has 0 spiro atoms. The normalized spacial score (nSPS) is 9.90. The third kappa shape index (κ3) is 3.52. The lowest BCUT2D eigenvalue weighted by atomic mass is 10.3. The van der Waals surface area contributed by atoms with E-state index in [0.29, 0.717) is 16.4 Å². The van der Waals surface area contributed by atoms with Gasteiger partial charge in [0, 0.05) is 24.0 Å². The van der Waals surface area contributed by atoms with Gasteiger partial charge in [-0.15, -0.1) is 0 Å². The van der Waals surface area contributed by atoms with Gasteiger partial charge in [-0.05, 0) is 30.3 Å². The highest BCUT2D eigenvalue weighted by Crippen LogP contribution is 2.14. The van der Waals surface area contributed by atoms with Gasteiger partial charge >= 0.3 is 6.03 Å². The Morgan fingerprint density at radius 1 is 1.15 bits per heavy atom. The molecule has 0 saturated heterocycles. The Hall–Kier alpha value is -2.47. The third-order valence-electron chi connectivity index (χ3n) is 2.55. The van der Waals surface area contributed by atoms with Crippen molar-refractivity contribution in [3.8, 4) is 0 Å². The number of rotatable bonds is 2. The number of nitrogens with one attached hydrogen (secondary N) is 3. The molecule has 0 aliphatic carbocycles. The quantitative estimate of drug-likeness (QED) is 0.742. The van der Waals surface area contributed by atoms with Crippen molar-refractivity contribution < 1.29 is 9.59 Å². The highest BCUT2D eigenvalue weighted by Gasteiger charge is 2.09. The summed E-state index contributed by atoms with van der Waals surface area (Å²) >= 11 is 5.80. The first-order valence-corrected chi connectivity index (χ1v) is 6.18. The number of aromatic nitrogens is 1. The number of anilines is 1. The van der Waals surface area contributed by atoms with Crippen LogP contribution in [0.1, 0.15) is 10.5 Å². The van der Waals surface area contributed by atoms with Gasteiger partial charge in [0.2, 0.25) is 0 Å². The first-order chi connectivity index (χ1) is 9.56. The summed E-state index contributed by atoms with van der Waals surface area (Å²) in [5, 5.41) is 3.05. The Balaban J connectivity index is 1.87. The fourth-order valence-corrected chi connectivity index (χ4v) is 1.79. The molecule has 0 radical (unpaired) electrons. The molecule has 0 aliphatic heterocycles. The van der Waals surface area contributed by atoms with Crippen LogP contribution in [0.3, 0.4) is 0 Å². The molecule has 20 heavy (non-hydrogen) atoms. The van der Waals surface area contributed by atoms with Gasteiger partial charge in [0.15, 0.2) is 0 Å². The number of nitrogens with zero attached hydrogens (tertiary/aromatic N) is 1. The predicted octanol–water partition coefficient (Wildman–Crippen LogP) is 2.14. The number of amides is 3. The zero-order chi connectivity index (χ0) is 14.5. The SMILES string of the molecule is Cn1cccc1C(=O)NNC(=O)Nc1cccc(Cl)c1. The van der Waals surface area contributed by atoms with Gasteiger partial charge in [0.25, 0.3) is 5.91 Å². The Morgan fingerprint density at radius 3 is 2.60 bits per heavy atom. The van der Waals surface area contributed by atoms with Gasteiger partial charge in [0.1, 0.15) is 5.69 Å². The molecule has 7 heteroatoms. The smallest absolute Gasteiger partial charge is 0.337 e. The Bertz CT molecular complexity index is 639.